The van der Waals surface area contributed by atoms with E-state index in [0.29, 0.717) is 19.2 Å². The molecule has 0 aliphatic carbocycles. The van der Waals surface area contributed by atoms with Crippen LogP contribution in [0.3, 0.4) is 0 Å². The van der Waals surface area contributed by atoms with E-state index in [1.54, 1.807) is 7.11 Å². The zero-order valence-electron chi connectivity index (χ0n) is 10.7. The highest BCUT2D eigenvalue weighted by atomic mass is 16.5. The van der Waals surface area contributed by atoms with Gasteiger partial charge in [0.2, 0.25) is 0 Å². The van der Waals surface area contributed by atoms with Gasteiger partial charge in [-0.25, -0.2) is 0 Å². The van der Waals surface area contributed by atoms with Crippen LogP contribution in [0.15, 0.2) is 0 Å². The van der Waals surface area contributed by atoms with Crippen LogP contribution in [-0.4, -0.2) is 26.3 Å². The van der Waals surface area contributed by atoms with Crippen molar-refractivity contribution in [2.75, 3.05) is 13.7 Å². The Morgan fingerprint density at radius 3 is 2.12 bits per heavy atom. The van der Waals surface area contributed by atoms with Crippen molar-refractivity contribution in [3.63, 3.8) is 0 Å². The summed E-state index contributed by atoms with van der Waals surface area (Å²) in [5, 5.41) is 0. The molecule has 16 heavy (non-hydrogen) atoms. The SMILES string of the molecule is COC(C)CCCCCCCCCOC=O. The second-order valence-electron chi connectivity index (χ2n) is 4.28. The fourth-order valence-electron chi connectivity index (χ4n) is 1.67. The van der Waals surface area contributed by atoms with E-state index >= 15 is 0 Å². The highest BCUT2D eigenvalue weighted by Gasteiger charge is 1.98. The molecule has 0 saturated carbocycles. The second kappa shape index (κ2) is 12.5. The van der Waals surface area contributed by atoms with Gasteiger partial charge in [-0.15, -0.1) is 0 Å². The number of ether oxygens (including phenoxy) is 2. The Hall–Kier alpha value is -0.570. The number of unbranched alkanes of at least 4 members (excludes halogenated alkanes) is 6. The lowest BCUT2D eigenvalue weighted by molar-refractivity contribution is -0.128. The molecule has 0 rings (SSSR count). The topological polar surface area (TPSA) is 35.5 Å². The first-order valence-corrected chi connectivity index (χ1v) is 6.39. The summed E-state index contributed by atoms with van der Waals surface area (Å²) >= 11 is 0. The molecule has 0 radical (unpaired) electrons. The number of hydrogen-bond donors (Lipinski definition) is 0. The molecule has 0 N–H and O–H groups in total. The Morgan fingerprint density at radius 1 is 1.00 bits per heavy atom. The molecule has 96 valence electrons. The quantitative estimate of drug-likeness (QED) is 0.381. The summed E-state index contributed by atoms with van der Waals surface area (Å²) in [5.74, 6) is 0. The van der Waals surface area contributed by atoms with Crippen molar-refractivity contribution in [2.45, 2.75) is 64.4 Å². The van der Waals surface area contributed by atoms with Crippen LogP contribution < -0.4 is 0 Å². The molecule has 0 aromatic heterocycles. The molecule has 0 aromatic rings. The van der Waals surface area contributed by atoms with Gasteiger partial charge >= 0.3 is 0 Å². The Bertz CT molecular complexity index is 148. The highest BCUT2D eigenvalue weighted by molar-refractivity contribution is 5.36. The summed E-state index contributed by atoms with van der Waals surface area (Å²) in [6.07, 6.45) is 10.2. The summed E-state index contributed by atoms with van der Waals surface area (Å²) in [6.45, 7) is 3.22. The Kier molecular flexibility index (Phi) is 12.1. The van der Waals surface area contributed by atoms with Crippen LogP contribution in [0.5, 0.6) is 0 Å². The van der Waals surface area contributed by atoms with Gasteiger partial charge in [0.1, 0.15) is 0 Å². The minimum Gasteiger partial charge on any atom is -0.468 e. The summed E-state index contributed by atoms with van der Waals surface area (Å²) in [4.78, 5) is 9.86. The van der Waals surface area contributed by atoms with Crippen LogP contribution in [0.4, 0.5) is 0 Å². The molecule has 0 saturated heterocycles. The lowest BCUT2D eigenvalue weighted by Gasteiger charge is -2.08. The zero-order valence-corrected chi connectivity index (χ0v) is 10.7. The molecule has 0 fully saturated rings. The van der Waals surface area contributed by atoms with Gasteiger partial charge in [-0.2, -0.15) is 0 Å². The maximum atomic E-state index is 9.86. The number of carbonyl (C=O) groups is 1. The van der Waals surface area contributed by atoms with Gasteiger partial charge in [0, 0.05) is 7.11 Å². The van der Waals surface area contributed by atoms with Crippen molar-refractivity contribution in [1.82, 2.24) is 0 Å². The van der Waals surface area contributed by atoms with Gasteiger partial charge < -0.3 is 9.47 Å². The van der Waals surface area contributed by atoms with E-state index in [4.69, 9.17) is 4.74 Å². The molecule has 0 spiro atoms. The molecule has 0 bridgehead atoms. The molecule has 0 amide bonds. The fourth-order valence-corrected chi connectivity index (χ4v) is 1.67. The average Bonchev–Trinajstić information content (AvgIpc) is 2.31. The summed E-state index contributed by atoms with van der Waals surface area (Å²) < 4.78 is 9.81. The number of rotatable bonds is 12. The predicted octanol–water partition coefficient (Wildman–Crippen LogP) is 3.32. The lowest BCUT2D eigenvalue weighted by Crippen LogP contribution is -2.03. The van der Waals surface area contributed by atoms with Crippen LogP contribution >= 0.6 is 0 Å². The lowest BCUT2D eigenvalue weighted by atomic mass is 10.1. The van der Waals surface area contributed by atoms with Crippen molar-refractivity contribution in [3.05, 3.63) is 0 Å². The predicted molar refractivity (Wildman–Crippen MR) is 65.4 cm³/mol. The van der Waals surface area contributed by atoms with E-state index in [2.05, 4.69) is 11.7 Å². The zero-order chi connectivity index (χ0) is 12.1. The van der Waals surface area contributed by atoms with Gasteiger partial charge in [0.25, 0.3) is 6.47 Å². The van der Waals surface area contributed by atoms with Crippen molar-refractivity contribution in [2.24, 2.45) is 0 Å². The maximum absolute atomic E-state index is 9.86. The molecule has 0 heterocycles. The molecule has 1 unspecified atom stereocenters. The van der Waals surface area contributed by atoms with E-state index < -0.39 is 0 Å². The van der Waals surface area contributed by atoms with E-state index in [0.717, 1.165) is 6.42 Å². The Balaban J connectivity index is 2.96. The van der Waals surface area contributed by atoms with Gasteiger partial charge in [-0.05, 0) is 19.8 Å². The smallest absolute Gasteiger partial charge is 0.293 e. The van der Waals surface area contributed by atoms with Crippen LogP contribution in [0.1, 0.15) is 58.3 Å². The van der Waals surface area contributed by atoms with Gasteiger partial charge in [-0.3, -0.25) is 4.79 Å². The van der Waals surface area contributed by atoms with Gasteiger partial charge in [0.15, 0.2) is 0 Å². The molecule has 0 aromatic carbocycles. The first-order chi connectivity index (χ1) is 7.81. The van der Waals surface area contributed by atoms with Gasteiger partial charge in [-0.1, -0.05) is 38.5 Å². The van der Waals surface area contributed by atoms with Crippen LogP contribution in [0.25, 0.3) is 0 Å². The number of methoxy groups -OCH3 is 1. The summed E-state index contributed by atoms with van der Waals surface area (Å²) in [6, 6.07) is 0. The number of hydrogen-bond acceptors (Lipinski definition) is 3. The van der Waals surface area contributed by atoms with Crippen molar-refractivity contribution in [1.29, 1.82) is 0 Å². The van der Waals surface area contributed by atoms with Crippen LogP contribution in [-0.2, 0) is 14.3 Å². The minimum atomic E-state index is 0.403. The average molecular weight is 230 g/mol. The second-order valence-corrected chi connectivity index (χ2v) is 4.28. The first kappa shape index (κ1) is 15.4. The van der Waals surface area contributed by atoms with Crippen molar-refractivity contribution in [3.8, 4) is 0 Å². The third-order valence-corrected chi connectivity index (χ3v) is 2.84. The first-order valence-electron chi connectivity index (χ1n) is 6.39. The Morgan fingerprint density at radius 2 is 1.56 bits per heavy atom. The molecular weight excluding hydrogens is 204 g/mol. The highest BCUT2D eigenvalue weighted by Crippen LogP contribution is 2.10. The molecule has 3 heteroatoms. The summed E-state index contributed by atoms with van der Waals surface area (Å²) in [7, 11) is 1.77. The van der Waals surface area contributed by atoms with E-state index in [9.17, 15) is 4.79 Å². The third-order valence-electron chi connectivity index (χ3n) is 2.84. The van der Waals surface area contributed by atoms with Crippen LogP contribution in [0.2, 0.25) is 0 Å². The Labute approximate surface area is 99.5 Å². The van der Waals surface area contributed by atoms with E-state index in [1.807, 2.05) is 0 Å². The molecular formula is C13H26O3. The van der Waals surface area contributed by atoms with Gasteiger partial charge in [0.05, 0.1) is 12.7 Å². The van der Waals surface area contributed by atoms with Crippen molar-refractivity contribution >= 4 is 6.47 Å². The van der Waals surface area contributed by atoms with Crippen molar-refractivity contribution < 1.29 is 14.3 Å². The normalized spacial score (nSPS) is 12.4. The van der Waals surface area contributed by atoms with E-state index in [-0.39, 0.29) is 0 Å². The third kappa shape index (κ3) is 11.5. The van der Waals surface area contributed by atoms with Crippen LogP contribution in [0, 0.1) is 0 Å². The minimum absolute atomic E-state index is 0.403. The molecule has 0 aliphatic rings. The standard InChI is InChI=1S/C13H26O3/c1-13(15-2)10-8-6-4-3-5-7-9-11-16-12-14/h12-13H,3-11H2,1-2H3. The molecule has 0 aliphatic heterocycles. The largest absolute Gasteiger partial charge is 0.468 e. The number of carbonyl (C=O) groups excluding carboxylic acids is 1. The monoisotopic (exact) mass is 230 g/mol. The fraction of sp³-hybridized carbons (Fsp3) is 0.923. The molecule has 3 nitrogen and oxygen atoms in total. The molecule has 1 atom stereocenters. The van der Waals surface area contributed by atoms with E-state index in [1.165, 1.54) is 44.9 Å². The summed E-state index contributed by atoms with van der Waals surface area (Å²) in [5.41, 5.74) is 0. The maximum Gasteiger partial charge on any atom is 0.293 e.